The number of nitrogens with one attached hydrogen (secondary N) is 1. The summed E-state index contributed by atoms with van der Waals surface area (Å²) in [7, 11) is 1.55. The number of nitrogens with zero attached hydrogens (tertiary/aromatic N) is 2. The van der Waals surface area contributed by atoms with Gasteiger partial charge in [-0.1, -0.05) is 56.1 Å². The highest BCUT2D eigenvalue weighted by atomic mass is 32.1. The first kappa shape index (κ1) is 17.4. The molecule has 0 fully saturated rings. The number of aromatic nitrogens is 2. The number of unbranched alkanes of at least 4 members (excludes halogenated alkanes) is 4. The molecule has 0 unspecified atom stereocenters. The molecule has 124 valence electrons. The monoisotopic (exact) mass is 333 g/mol. The lowest BCUT2D eigenvalue weighted by Crippen LogP contribution is -2.12. The van der Waals surface area contributed by atoms with E-state index in [0.717, 1.165) is 17.8 Å². The number of methoxy groups -OCH3 is 1. The van der Waals surface area contributed by atoms with Gasteiger partial charge in [-0.3, -0.25) is 10.1 Å². The summed E-state index contributed by atoms with van der Waals surface area (Å²) in [6.07, 6.45) is 7.07. The van der Waals surface area contributed by atoms with Crippen molar-refractivity contribution in [3.63, 3.8) is 0 Å². The van der Waals surface area contributed by atoms with Crippen molar-refractivity contribution in [1.82, 2.24) is 10.2 Å². The van der Waals surface area contributed by atoms with Gasteiger partial charge in [-0.05, 0) is 18.6 Å². The van der Waals surface area contributed by atoms with Gasteiger partial charge in [0.15, 0.2) is 0 Å². The molecule has 0 aliphatic carbocycles. The van der Waals surface area contributed by atoms with E-state index in [2.05, 4.69) is 22.4 Å². The average molecular weight is 333 g/mol. The second-order valence-corrected chi connectivity index (χ2v) is 6.38. The lowest BCUT2D eigenvalue weighted by molar-refractivity contribution is 0.102. The third-order valence-corrected chi connectivity index (χ3v) is 4.43. The van der Waals surface area contributed by atoms with Crippen LogP contribution in [-0.2, 0) is 6.42 Å². The van der Waals surface area contributed by atoms with Gasteiger partial charge in [0.1, 0.15) is 10.8 Å². The number of rotatable bonds is 9. The van der Waals surface area contributed by atoms with Crippen LogP contribution in [0.1, 0.15) is 54.4 Å². The van der Waals surface area contributed by atoms with Crippen molar-refractivity contribution in [3.05, 3.63) is 34.8 Å². The Morgan fingerprint density at radius 2 is 1.96 bits per heavy atom. The molecular formula is C17H23N3O2S. The van der Waals surface area contributed by atoms with Crippen LogP contribution in [0.4, 0.5) is 5.13 Å². The number of amides is 1. The van der Waals surface area contributed by atoms with Gasteiger partial charge in [-0.2, -0.15) is 0 Å². The smallest absolute Gasteiger partial charge is 0.261 e. The highest BCUT2D eigenvalue weighted by molar-refractivity contribution is 7.15. The highest BCUT2D eigenvalue weighted by Crippen LogP contribution is 2.22. The number of carbonyl (C=O) groups excluding carboxylic acids is 1. The molecule has 0 radical (unpaired) electrons. The molecule has 0 saturated heterocycles. The molecular weight excluding hydrogens is 310 g/mol. The molecule has 2 aromatic rings. The summed E-state index contributed by atoms with van der Waals surface area (Å²) in [4.78, 5) is 12.3. The van der Waals surface area contributed by atoms with Gasteiger partial charge in [-0.15, -0.1) is 10.2 Å². The van der Waals surface area contributed by atoms with E-state index in [1.165, 1.54) is 37.0 Å². The number of para-hydroxylation sites is 1. The lowest BCUT2D eigenvalue weighted by Gasteiger charge is -2.06. The Morgan fingerprint density at radius 3 is 2.74 bits per heavy atom. The van der Waals surface area contributed by atoms with E-state index in [1.54, 1.807) is 25.3 Å². The standard InChI is InChI=1S/C17H23N3O2S/c1-3-4-5-6-7-12-15-19-20-17(23-15)18-16(21)13-10-8-9-11-14(13)22-2/h8-11H,3-7,12H2,1-2H3,(H,18,20,21). The van der Waals surface area contributed by atoms with Crippen LogP contribution >= 0.6 is 11.3 Å². The molecule has 0 aliphatic rings. The number of aryl methyl sites for hydroxylation is 1. The third-order valence-electron chi connectivity index (χ3n) is 3.53. The number of carbonyl (C=O) groups is 1. The third kappa shape index (κ3) is 5.32. The molecule has 0 atom stereocenters. The van der Waals surface area contributed by atoms with Crippen molar-refractivity contribution in [3.8, 4) is 5.75 Å². The van der Waals surface area contributed by atoms with Gasteiger partial charge in [-0.25, -0.2) is 0 Å². The van der Waals surface area contributed by atoms with E-state index in [0.29, 0.717) is 16.4 Å². The summed E-state index contributed by atoms with van der Waals surface area (Å²) in [5.74, 6) is 0.318. The first-order valence-electron chi connectivity index (χ1n) is 8.01. The van der Waals surface area contributed by atoms with Gasteiger partial charge in [0.25, 0.3) is 5.91 Å². The zero-order chi connectivity index (χ0) is 16.5. The van der Waals surface area contributed by atoms with Gasteiger partial charge in [0.05, 0.1) is 12.7 Å². The topological polar surface area (TPSA) is 64.1 Å². The molecule has 5 nitrogen and oxygen atoms in total. The predicted octanol–water partition coefficient (Wildman–Crippen LogP) is 4.31. The zero-order valence-corrected chi connectivity index (χ0v) is 14.5. The normalized spacial score (nSPS) is 10.5. The summed E-state index contributed by atoms with van der Waals surface area (Å²) in [6.45, 7) is 2.21. The van der Waals surface area contributed by atoms with E-state index in [-0.39, 0.29) is 5.91 Å². The van der Waals surface area contributed by atoms with Crippen LogP contribution in [0, 0.1) is 0 Å². The summed E-state index contributed by atoms with van der Waals surface area (Å²) in [5.41, 5.74) is 0.492. The maximum atomic E-state index is 12.3. The van der Waals surface area contributed by atoms with Crippen LogP contribution in [0.25, 0.3) is 0 Å². The Hall–Kier alpha value is -1.95. The molecule has 1 aromatic carbocycles. The Labute approximate surface area is 141 Å². The average Bonchev–Trinajstić information content (AvgIpc) is 3.02. The molecule has 0 saturated carbocycles. The van der Waals surface area contributed by atoms with Crippen molar-refractivity contribution in [2.24, 2.45) is 0 Å². The Kier molecular flexibility index (Phi) is 7.00. The minimum atomic E-state index is -0.229. The molecule has 6 heteroatoms. The van der Waals surface area contributed by atoms with Crippen LogP contribution in [-0.4, -0.2) is 23.2 Å². The molecule has 1 aromatic heterocycles. The summed E-state index contributed by atoms with van der Waals surface area (Å²) >= 11 is 1.44. The molecule has 1 heterocycles. The quantitative estimate of drug-likeness (QED) is 0.694. The number of benzene rings is 1. The van der Waals surface area contributed by atoms with Crippen molar-refractivity contribution < 1.29 is 9.53 Å². The first-order chi connectivity index (χ1) is 11.2. The number of hydrogen-bond donors (Lipinski definition) is 1. The van der Waals surface area contributed by atoms with Crippen LogP contribution in [0.3, 0.4) is 0 Å². The van der Waals surface area contributed by atoms with Crippen molar-refractivity contribution >= 4 is 22.4 Å². The van der Waals surface area contributed by atoms with Crippen LogP contribution in [0.15, 0.2) is 24.3 Å². The molecule has 1 N–H and O–H groups in total. The van der Waals surface area contributed by atoms with Crippen molar-refractivity contribution in [2.45, 2.75) is 45.4 Å². The molecule has 0 aliphatic heterocycles. The lowest BCUT2D eigenvalue weighted by atomic mass is 10.1. The summed E-state index contributed by atoms with van der Waals surface area (Å²) in [5, 5.41) is 12.5. The molecule has 23 heavy (non-hydrogen) atoms. The largest absolute Gasteiger partial charge is 0.496 e. The van der Waals surface area contributed by atoms with Gasteiger partial charge in [0.2, 0.25) is 5.13 Å². The Morgan fingerprint density at radius 1 is 1.17 bits per heavy atom. The van der Waals surface area contributed by atoms with E-state index in [4.69, 9.17) is 4.74 Å². The second-order valence-electron chi connectivity index (χ2n) is 5.32. The maximum Gasteiger partial charge on any atom is 0.261 e. The number of anilines is 1. The molecule has 2 rings (SSSR count). The fraction of sp³-hybridized carbons (Fsp3) is 0.471. The van der Waals surface area contributed by atoms with Crippen LogP contribution in [0.2, 0.25) is 0 Å². The second kappa shape index (κ2) is 9.25. The molecule has 1 amide bonds. The van der Waals surface area contributed by atoms with E-state index in [1.807, 2.05) is 6.07 Å². The summed E-state index contributed by atoms with van der Waals surface area (Å²) in [6, 6.07) is 7.12. The fourth-order valence-corrected chi connectivity index (χ4v) is 3.06. The highest BCUT2D eigenvalue weighted by Gasteiger charge is 2.14. The van der Waals surface area contributed by atoms with E-state index >= 15 is 0 Å². The minimum absolute atomic E-state index is 0.229. The van der Waals surface area contributed by atoms with Gasteiger partial charge < -0.3 is 4.74 Å². The van der Waals surface area contributed by atoms with E-state index in [9.17, 15) is 4.79 Å². The van der Waals surface area contributed by atoms with E-state index < -0.39 is 0 Å². The Bertz CT molecular complexity index is 628. The molecule has 0 bridgehead atoms. The fourth-order valence-electron chi connectivity index (χ4n) is 2.28. The Balaban J connectivity index is 1.87. The van der Waals surface area contributed by atoms with Gasteiger partial charge in [0, 0.05) is 6.42 Å². The van der Waals surface area contributed by atoms with Crippen LogP contribution in [0.5, 0.6) is 5.75 Å². The minimum Gasteiger partial charge on any atom is -0.496 e. The SMILES string of the molecule is CCCCCCCc1nnc(NC(=O)c2ccccc2OC)s1. The van der Waals surface area contributed by atoms with Crippen molar-refractivity contribution in [1.29, 1.82) is 0 Å². The number of hydrogen-bond acceptors (Lipinski definition) is 5. The maximum absolute atomic E-state index is 12.3. The zero-order valence-electron chi connectivity index (χ0n) is 13.7. The number of ether oxygens (including phenoxy) is 1. The van der Waals surface area contributed by atoms with Crippen molar-refractivity contribution in [2.75, 3.05) is 12.4 Å². The van der Waals surface area contributed by atoms with Gasteiger partial charge >= 0.3 is 0 Å². The predicted molar refractivity (Wildman–Crippen MR) is 93.3 cm³/mol. The molecule has 0 spiro atoms. The van der Waals surface area contributed by atoms with Crippen LogP contribution < -0.4 is 10.1 Å². The first-order valence-corrected chi connectivity index (χ1v) is 8.83. The summed E-state index contributed by atoms with van der Waals surface area (Å²) < 4.78 is 5.20.